The standard InChI is InChI=1S/C42H64Si4/c1-27-20-30(4)39(43(11,12)13)36(23-27)46(42(10)26-33(7)34(8)35(42)9,37-24-28(2)21-31(5)40(37)44(14,15)16)38-25-29(3)22-32(6)41(38)45(17,18)19/h20-26H,1-19H3. The Morgan fingerprint density at radius 1 is 0.435 bits per heavy atom. The number of hydrogen-bond acceptors (Lipinski definition) is 0. The van der Waals surface area contributed by atoms with E-state index in [1.54, 1.807) is 36.7 Å². The molecule has 0 saturated heterocycles. The molecule has 4 rings (SSSR count). The first-order valence-corrected chi connectivity index (χ1v) is 30.0. The molecular formula is C42H64Si4. The maximum atomic E-state index is 2.76. The van der Waals surface area contributed by atoms with Gasteiger partial charge in [-0.3, -0.25) is 0 Å². The quantitative estimate of drug-likeness (QED) is 0.173. The predicted octanol–water partition coefficient (Wildman–Crippen LogP) is 8.70. The fourth-order valence-electron chi connectivity index (χ4n) is 9.78. The Bertz CT molecular complexity index is 1610. The Kier molecular flexibility index (Phi) is 9.49. The number of aryl methyl sites for hydroxylation is 6. The summed E-state index contributed by atoms with van der Waals surface area (Å²) in [5, 5.41) is 10.1. The molecule has 0 fully saturated rings. The lowest BCUT2D eigenvalue weighted by molar-refractivity contribution is 0.871. The first-order valence-electron chi connectivity index (χ1n) is 17.5. The second-order valence-corrected chi connectivity index (χ2v) is 37.4. The van der Waals surface area contributed by atoms with Crippen LogP contribution in [-0.2, 0) is 0 Å². The minimum atomic E-state index is -2.94. The summed E-state index contributed by atoms with van der Waals surface area (Å²) in [6, 6.07) is 15.6. The van der Waals surface area contributed by atoms with Gasteiger partial charge < -0.3 is 0 Å². The molecule has 0 radical (unpaired) electrons. The highest BCUT2D eigenvalue weighted by Crippen LogP contribution is 2.53. The monoisotopic (exact) mass is 680 g/mol. The van der Waals surface area contributed by atoms with Crippen molar-refractivity contribution in [2.24, 2.45) is 0 Å². The highest BCUT2D eigenvalue weighted by molar-refractivity contribution is 7.20. The van der Waals surface area contributed by atoms with Crippen molar-refractivity contribution in [3.63, 3.8) is 0 Å². The van der Waals surface area contributed by atoms with Gasteiger partial charge in [-0.25, -0.2) is 0 Å². The third kappa shape index (κ3) is 5.84. The third-order valence-corrected chi connectivity index (χ3v) is 24.0. The lowest BCUT2D eigenvalue weighted by Crippen LogP contribution is -2.84. The molecule has 248 valence electrons. The number of benzene rings is 3. The lowest BCUT2D eigenvalue weighted by atomic mass is 10.0. The SMILES string of the molecule is CC1=CC(C)([Si](c2cc(C)cc(C)c2[Si](C)(C)C)(c2cc(C)cc(C)c2[Si](C)(C)C)c2cc(C)cc(C)c2[Si](C)(C)C)C(C)=C1C. The Morgan fingerprint density at radius 3 is 0.935 bits per heavy atom. The molecule has 46 heavy (non-hydrogen) atoms. The van der Waals surface area contributed by atoms with Crippen molar-refractivity contribution in [1.29, 1.82) is 0 Å². The summed E-state index contributed by atoms with van der Waals surface area (Å²) < 4.78 is 0. The molecule has 3 aromatic rings. The average Bonchev–Trinajstić information content (AvgIpc) is 3.03. The van der Waals surface area contributed by atoms with Crippen molar-refractivity contribution in [3.8, 4) is 0 Å². The van der Waals surface area contributed by atoms with Gasteiger partial charge in [0, 0.05) is 5.04 Å². The van der Waals surface area contributed by atoms with Gasteiger partial charge >= 0.3 is 0 Å². The molecule has 1 aliphatic carbocycles. The van der Waals surface area contributed by atoms with E-state index in [2.05, 4.69) is 171 Å². The zero-order valence-electron chi connectivity index (χ0n) is 33.0. The van der Waals surface area contributed by atoms with E-state index >= 15 is 0 Å². The van der Waals surface area contributed by atoms with Gasteiger partial charge in [0.25, 0.3) is 0 Å². The summed E-state index contributed by atoms with van der Waals surface area (Å²) in [6.07, 6.45) is 2.76. The molecule has 4 heteroatoms. The summed E-state index contributed by atoms with van der Waals surface area (Å²) in [7, 11) is -8.41. The van der Waals surface area contributed by atoms with Crippen LogP contribution in [0.15, 0.2) is 59.2 Å². The summed E-state index contributed by atoms with van der Waals surface area (Å²) in [5.41, 5.74) is 13.3. The first-order chi connectivity index (χ1) is 20.8. The van der Waals surface area contributed by atoms with Crippen molar-refractivity contribution in [2.75, 3.05) is 0 Å². The molecule has 0 aliphatic heterocycles. The van der Waals surface area contributed by atoms with Gasteiger partial charge in [0.2, 0.25) is 0 Å². The van der Waals surface area contributed by atoms with Crippen LogP contribution in [0, 0.1) is 41.5 Å². The second kappa shape index (κ2) is 11.9. The highest BCUT2D eigenvalue weighted by atomic mass is 28.3. The van der Waals surface area contributed by atoms with Gasteiger partial charge in [-0.15, -0.1) is 0 Å². The molecule has 1 aliphatic rings. The molecule has 0 saturated carbocycles. The van der Waals surface area contributed by atoms with Gasteiger partial charge in [-0.05, 0) is 83.4 Å². The van der Waals surface area contributed by atoms with Gasteiger partial charge in [-0.1, -0.05) is 168 Å². The zero-order chi connectivity index (χ0) is 35.1. The molecule has 0 heterocycles. The Labute approximate surface area is 287 Å². The van der Waals surface area contributed by atoms with Crippen molar-refractivity contribution in [3.05, 3.63) is 92.6 Å². The van der Waals surface area contributed by atoms with Crippen LogP contribution in [0.4, 0.5) is 0 Å². The smallest absolute Gasteiger partial charge is 0.0730 e. The summed E-state index contributed by atoms with van der Waals surface area (Å²) in [6.45, 7) is 47.7. The van der Waals surface area contributed by atoms with E-state index in [0.717, 1.165) is 0 Å². The van der Waals surface area contributed by atoms with Crippen molar-refractivity contribution in [1.82, 2.24) is 0 Å². The van der Waals surface area contributed by atoms with Crippen LogP contribution in [0.25, 0.3) is 0 Å². The highest BCUT2D eigenvalue weighted by Gasteiger charge is 2.60. The summed E-state index contributed by atoms with van der Waals surface area (Å²) in [4.78, 5) is 0. The summed E-state index contributed by atoms with van der Waals surface area (Å²) in [5.74, 6) is 0. The molecule has 0 amide bonds. The van der Waals surface area contributed by atoms with Crippen LogP contribution < -0.4 is 31.1 Å². The van der Waals surface area contributed by atoms with Crippen LogP contribution in [-0.4, -0.2) is 32.3 Å². The molecule has 0 aromatic heterocycles. The van der Waals surface area contributed by atoms with Gasteiger partial charge in [0.15, 0.2) is 8.07 Å². The zero-order valence-corrected chi connectivity index (χ0v) is 37.0. The maximum Gasteiger partial charge on any atom is 0.161 e. The van der Waals surface area contributed by atoms with E-state index in [4.69, 9.17) is 0 Å². The predicted molar refractivity (Wildman–Crippen MR) is 222 cm³/mol. The lowest BCUT2D eigenvalue weighted by Gasteiger charge is -2.52. The number of allylic oxidation sites excluding steroid dienone is 4. The Morgan fingerprint density at radius 2 is 0.717 bits per heavy atom. The van der Waals surface area contributed by atoms with E-state index in [0.29, 0.717) is 0 Å². The largest absolute Gasteiger partial charge is 0.161 e. The average molecular weight is 681 g/mol. The Hall–Kier alpha value is -1.99. The molecule has 0 bridgehead atoms. The van der Waals surface area contributed by atoms with Crippen molar-refractivity contribution in [2.45, 2.75) is 133 Å². The molecular weight excluding hydrogens is 617 g/mol. The van der Waals surface area contributed by atoms with E-state index in [9.17, 15) is 0 Å². The fourth-order valence-corrected chi connectivity index (χ4v) is 28.0. The van der Waals surface area contributed by atoms with Gasteiger partial charge in [0.05, 0.1) is 24.2 Å². The fraction of sp³-hybridized carbons (Fsp3) is 0.476. The minimum Gasteiger partial charge on any atom is -0.0730 e. The second-order valence-electron chi connectivity index (χ2n) is 18.3. The van der Waals surface area contributed by atoms with Crippen LogP contribution in [0.5, 0.6) is 0 Å². The van der Waals surface area contributed by atoms with Crippen LogP contribution >= 0.6 is 0 Å². The molecule has 1 unspecified atom stereocenters. The Balaban J connectivity index is 2.63. The van der Waals surface area contributed by atoms with Gasteiger partial charge in [0.1, 0.15) is 0 Å². The van der Waals surface area contributed by atoms with Gasteiger partial charge in [-0.2, -0.15) is 0 Å². The van der Waals surface area contributed by atoms with E-state index in [1.807, 2.05) is 0 Å². The van der Waals surface area contributed by atoms with Crippen LogP contribution in [0.3, 0.4) is 0 Å². The topological polar surface area (TPSA) is 0 Å². The minimum absolute atomic E-state index is 0.126. The number of hydrogen-bond donors (Lipinski definition) is 0. The molecule has 1 atom stereocenters. The van der Waals surface area contributed by atoms with Crippen LogP contribution in [0.2, 0.25) is 64.0 Å². The normalized spacial score (nSPS) is 18.0. The molecule has 0 nitrogen and oxygen atoms in total. The maximum absolute atomic E-state index is 2.94. The van der Waals surface area contributed by atoms with E-state index < -0.39 is 32.3 Å². The molecule has 0 N–H and O–H groups in total. The van der Waals surface area contributed by atoms with E-state index in [1.165, 1.54) is 44.5 Å². The summed E-state index contributed by atoms with van der Waals surface area (Å²) >= 11 is 0. The molecule has 0 spiro atoms. The first kappa shape index (κ1) is 36.8. The number of rotatable bonds is 7. The molecule has 3 aromatic carbocycles. The van der Waals surface area contributed by atoms with E-state index in [-0.39, 0.29) is 5.04 Å². The van der Waals surface area contributed by atoms with Crippen LogP contribution in [0.1, 0.15) is 61.1 Å². The third-order valence-electron chi connectivity index (χ3n) is 11.1. The van der Waals surface area contributed by atoms with Crippen molar-refractivity contribution < 1.29 is 0 Å². The van der Waals surface area contributed by atoms with Crippen molar-refractivity contribution >= 4 is 63.4 Å².